The molecule has 0 aliphatic rings. The molecule has 0 aromatic carbocycles. The van der Waals surface area contributed by atoms with Gasteiger partial charge in [-0.05, 0) is 6.42 Å². The smallest absolute Gasteiger partial charge is 0.459 e. The first kappa shape index (κ1) is 34.7. The first-order chi connectivity index (χ1) is 16.0. The van der Waals surface area contributed by atoms with Crippen molar-refractivity contribution in [2.45, 2.75) is 72.8 Å². The number of hydrogen-bond donors (Lipinski definition) is 0. The number of halogens is 19. The summed E-state index contributed by atoms with van der Waals surface area (Å²) in [5.74, 6) is -67.6. The van der Waals surface area contributed by atoms with Crippen molar-refractivity contribution >= 4 is 5.97 Å². The Bertz CT molecular complexity index is 864. The van der Waals surface area contributed by atoms with Gasteiger partial charge in [-0.15, -0.1) is 12.3 Å². The predicted octanol–water partition coefficient (Wildman–Crippen LogP) is 6.98. The van der Waals surface area contributed by atoms with Crippen LogP contribution in [0, 0.1) is 12.3 Å². The maximum atomic E-state index is 13.6. The molecule has 0 aromatic heterocycles. The summed E-state index contributed by atoms with van der Waals surface area (Å²) in [7, 11) is 0. The molecule has 0 heterocycles. The molecule has 0 aromatic rings. The molecule has 0 spiro atoms. The largest absolute Gasteiger partial charge is 0.460 e. The number of terminal acetylenes is 1. The minimum Gasteiger partial charge on any atom is -0.459 e. The van der Waals surface area contributed by atoms with Gasteiger partial charge in [0.1, 0.15) is 0 Å². The molecule has 0 rings (SSSR count). The molecule has 0 amide bonds. The van der Waals surface area contributed by atoms with Gasteiger partial charge in [0.15, 0.2) is 6.61 Å². The lowest BCUT2D eigenvalue weighted by Gasteiger charge is -2.43. The Morgan fingerprint density at radius 1 is 0.568 bits per heavy atom. The molecule has 0 radical (unpaired) electrons. The van der Waals surface area contributed by atoms with Crippen LogP contribution in [-0.2, 0) is 9.53 Å². The molecule has 0 unspecified atom stereocenters. The third kappa shape index (κ3) is 5.20. The van der Waals surface area contributed by atoms with Gasteiger partial charge >= 0.3 is 59.5 Å². The van der Waals surface area contributed by atoms with E-state index in [-0.39, 0.29) is 6.42 Å². The molecule has 0 N–H and O–H groups in total. The summed E-state index contributed by atoms with van der Waals surface area (Å²) >= 11 is 0. The molecule has 0 aliphatic heterocycles. The van der Waals surface area contributed by atoms with Crippen molar-refractivity contribution in [3.8, 4) is 12.3 Å². The maximum Gasteiger partial charge on any atom is 0.460 e. The van der Waals surface area contributed by atoms with Gasteiger partial charge in [-0.25, -0.2) is 0 Å². The molecule has 0 saturated carbocycles. The lowest BCUT2D eigenvalue weighted by molar-refractivity contribution is -0.469. The van der Waals surface area contributed by atoms with E-state index in [2.05, 4.69) is 4.74 Å². The standard InChI is InChI=1S/C16H9F19O2/c1-2-3-4-5-7(36)37-6-8(17,18)9(19,20)10(21,22)11(23,24)12(25,26)13(27,28)14(29,30)15(31,32)16(33,34)35/h1H,3-6H2. The Labute approximate surface area is 192 Å². The number of ether oxygens (including phenoxy) is 1. The van der Waals surface area contributed by atoms with E-state index in [1.54, 1.807) is 0 Å². The number of unbranched alkanes of at least 4 members (excludes halogenated alkanes) is 1. The molecule has 0 aliphatic carbocycles. The van der Waals surface area contributed by atoms with E-state index >= 15 is 0 Å². The Morgan fingerprint density at radius 3 is 1.22 bits per heavy atom. The zero-order chi connectivity index (χ0) is 30.3. The Kier molecular flexibility index (Phi) is 9.17. The second kappa shape index (κ2) is 9.78. The van der Waals surface area contributed by atoms with E-state index in [1.165, 1.54) is 0 Å². The Hall–Kier alpha value is -2.30. The van der Waals surface area contributed by atoms with Crippen LogP contribution in [0.4, 0.5) is 83.4 Å². The van der Waals surface area contributed by atoms with Crippen LogP contribution in [0.15, 0.2) is 0 Å². The van der Waals surface area contributed by atoms with E-state index < -0.39 is 79.0 Å². The van der Waals surface area contributed by atoms with Crippen molar-refractivity contribution in [2.75, 3.05) is 6.61 Å². The number of alkyl halides is 19. The highest BCUT2D eigenvalue weighted by molar-refractivity contribution is 5.69. The van der Waals surface area contributed by atoms with Crippen LogP contribution in [0.2, 0.25) is 0 Å². The normalized spacial score (nSPS) is 15.4. The number of carbonyl (C=O) groups is 1. The van der Waals surface area contributed by atoms with Gasteiger partial charge in [-0.1, -0.05) is 0 Å². The fourth-order valence-electron chi connectivity index (χ4n) is 2.06. The van der Waals surface area contributed by atoms with Crippen LogP contribution < -0.4 is 0 Å². The second-order valence-electron chi connectivity index (χ2n) is 6.94. The first-order valence-corrected chi connectivity index (χ1v) is 8.64. The van der Waals surface area contributed by atoms with Gasteiger partial charge < -0.3 is 4.74 Å². The molecule has 2 nitrogen and oxygen atoms in total. The number of carbonyl (C=O) groups excluding carboxylic acids is 1. The van der Waals surface area contributed by atoms with Crippen molar-refractivity contribution in [3.05, 3.63) is 0 Å². The molecule has 0 atom stereocenters. The monoisotopic (exact) mass is 594 g/mol. The van der Waals surface area contributed by atoms with Crippen molar-refractivity contribution in [1.82, 2.24) is 0 Å². The number of esters is 1. The van der Waals surface area contributed by atoms with Crippen molar-refractivity contribution in [1.29, 1.82) is 0 Å². The summed E-state index contributed by atoms with van der Waals surface area (Å²) in [6, 6.07) is 0. The van der Waals surface area contributed by atoms with Crippen LogP contribution >= 0.6 is 0 Å². The van der Waals surface area contributed by atoms with Gasteiger partial charge in [-0.2, -0.15) is 83.4 Å². The fraction of sp³-hybridized carbons (Fsp3) is 0.812. The maximum absolute atomic E-state index is 13.6. The van der Waals surface area contributed by atoms with Crippen molar-refractivity contribution in [3.63, 3.8) is 0 Å². The van der Waals surface area contributed by atoms with Crippen molar-refractivity contribution in [2.24, 2.45) is 0 Å². The minimum absolute atomic E-state index is 0.284. The SMILES string of the molecule is C#CCCCC(=O)OCC(F)(F)C(F)(F)C(F)(F)C(F)(F)C(F)(F)C(F)(F)C(F)(F)C(F)(F)C(F)(F)F. The topological polar surface area (TPSA) is 26.3 Å². The molecule has 0 bridgehead atoms. The summed E-state index contributed by atoms with van der Waals surface area (Å²) in [6.45, 7) is -3.34. The highest BCUT2D eigenvalue weighted by atomic mass is 19.4. The van der Waals surface area contributed by atoms with E-state index in [0.29, 0.717) is 0 Å². The van der Waals surface area contributed by atoms with E-state index in [0.717, 1.165) is 0 Å². The average molecular weight is 594 g/mol. The zero-order valence-corrected chi connectivity index (χ0v) is 16.9. The minimum atomic E-state index is -8.99. The van der Waals surface area contributed by atoms with Crippen molar-refractivity contribution < 1.29 is 92.9 Å². The van der Waals surface area contributed by atoms with Gasteiger partial charge in [0.2, 0.25) is 0 Å². The van der Waals surface area contributed by atoms with E-state index in [4.69, 9.17) is 6.42 Å². The first-order valence-electron chi connectivity index (χ1n) is 8.64. The third-order valence-electron chi connectivity index (χ3n) is 4.30. The molecule has 0 saturated heterocycles. The Morgan fingerprint density at radius 2 is 0.892 bits per heavy atom. The highest BCUT2D eigenvalue weighted by Gasteiger charge is 2.96. The third-order valence-corrected chi connectivity index (χ3v) is 4.30. The van der Waals surface area contributed by atoms with Gasteiger partial charge in [-0.3, -0.25) is 4.79 Å². The molecule has 218 valence electrons. The van der Waals surface area contributed by atoms with Crippen LogP contribution in [0.5, 0.6) is 0 Å². The van der Waals surface area contributed by atoms with Crippen LogP contribution in [0.3, 0.4) is 0 Å². The average Bonchev–Trinajstić information content (AvgIpc) is 2.70. The summed E-state index contributed by atoms with van der Waals surface area (Å²) in [5, 5.41) is 0. The van der Waals surface area contributed by atoms with Crippen LogP contribution in [0.25, 0.3) is 0 Å². The fourth-order valence-corrected chi connectivity index (χ4v) is 2.06. The molecular formula is C16H9F19O2. The van der Waals surface area contributed by atoms with Gasteiger partial charge in [0, 0.05) is 12.8 Å². The van der Waals surface area contributed by atoms with Gasteiger partial charge in [0.25, 0.3) is 0 Å². The summed E-state index contributed by atoms with van der Waals surface area (Å²) < 4.78 is 253. The number of rotatable bonds is 12. The molecular weight excluding hydrogens is 585 g/mol. The van der Waals surface area contributed by atoms with Crippen LogP contribution in [-0.4, -0.2) is 66.1 Å². The molecule has 21 heteroatoms. The highest BCUT2D eigenvalue weighted by Crippen LogP contribution is 2.65. The summed E-state index contributed by atoms with van der Waals surface area (Å²) in [6.07, 6.45) is -4.92. The number of hydrogen-bond acceptors (Lipinski definition) is 2. The lowest BCUT2D eigenvalue weighted by Crippen LogP contribution is -2.76. The predicted molar refractivity (Wildman–Crippen MR) is 79.3 cm³/mol. The van der Waals surface area contributed by atoms with Gasteiger partial charge in [0.05, 0.1) is 0 Å². The summed E-state index contributed by atoms with van der Waals surface area (Å²) in [5.41, 5.74) is 0. The second-order valence-corrected chi connectivity index (χ2v) is 6.94. The lowest BCUT2D eigenvalue weighted by atomic mass is 9.87. The molecule has 37 heavy (non-hydrogen) atoms. The summed E-state index contributed by atoms with van der Waals surface area (Å²) in [4.78, 5) is 11.0. The van der Waals surface area contributed by atoms with Crippen LogP contribution in [0.1, 0.15) is 19.3 Å². The zero-order valence-electron chi connectivity index (χ0n) is 16.9. The quantitative estimate of drug-likeness (QED) is 0.106. The Balaban J connectivity index is 6.49. The molecule has 0 fully saturated rings. The van der Waals surface area contributed by atoms with E-state index in [1.807, 2.05) is 5.92 Å². The van der Waals surface area contributed by atoms with E-state index in [9.17, 15) is 88.2 Å².